The van der Waals surface area contributed by atoms with Crippen molar-refractivity contribution in [2.24, 2.45) is 10.9 Å². The number of carbonyl (C=O) groups is 1. The summed E-state index contributed by atoms with van der Waals surface area (Å²) in [5.74, 6) is -0.0721. The molecule has 0 radical (unpaired) electrons. The summed E-state index contributed by atoms with van der Waals surface area (Å²) in [5, 5.41) is 14.4. The quantitative estimate of drug-likeness (QED) is 0.338. The van der Waals surface area contributed by atoms with E-state index < -0.39 is 0 Å². The van der Waals surface area contributed by atoms with Crippen molar-refractivity contribution in [1.82, 2.24) is 0 Å². The van der Waals surface area contributed by atoms with Gasteiger partial charge in [-0.2, -0.15) is 0 Å². The number of anilines is 1. The highest BCUT2D eigenvalue weighted by Crippen LogP contribution is 2.24. The van der Waals surface area contributed by atoms with Crippen LogP contribution >= 0.6 is 15.9 Å². The first-order valence-electron chi connectivity index (χ1n) is 6.29. The van der Waals surface area contributed by atoms with Crippen molar-refractivity contribution >= 4 is 33.4 Å². The molecule has 1 saturated heterocycles. The Morgan fingerprint density at radius 3 is 3.00 bits per heavy atom. The average molecular weight is 342 g/mol. The Bertz CT molecular complexity index is 528. The summed E-state index contributed by atoms with van der Waals surface area (Å²) in [6.07, 6.45) is 2.31. The van der Waals surface area contributed by atoms with Crippen molar-refractivity contribution in [1.29, 1.82) is 0 Å². The van der Waals surface area contributed by atoms with Crippen LogP contribution < -0.4 is 11.1 Å². The number of amidine groups is 1. The number of hydrogen-bond acceptors (Lipinski definition) is 4. The van der Waals surface area contributed by atoms with Crippen molar-refractivity contribution < 1.29 is 14.7 Å². The van der Waals surface area contributed by atoms with Crippen molar-refractivity contribution in [3.63, 3.8) is 0 Å². The molecular formula is C13H16BrN3O3. The van der Waals surface area contributed by atoms with Gasteiger partial charge in [-0.3, -0.25) is 4.79 Å². The minimum Gasteiger partial charge on any atom is -0.409 e. The van der Waals surface area contributed by atoms with E-state index in [1.54, 1.807) is 18.2 Å². The van der Waals surface area contributed by atoms with Crippen LogP contribution in [0.2, 0.25) is 0 Å². The van der Waals surface area contributed by atoms with E-state index in [9.17, 15) is 4.79 Å². The van der Waals surface area contributed by atoms with Gasteiger partial charge in [0.2, 0.25) is 5.91 Å². The van der Waals surface area contributed by atoms with Gasteiger partial charge in [-0.05, 0) is 47.0 Å². The van der Waals surface area contributed by atoms with Gasteiger partial charge in [0.25, 0.3) is 0 Å². The fourth-order valence-corrected chi connectivity index (χ4v) is 2.52. The number of amides is 1. The molecule has 1 aliphatic heterocycles. The smallest absolute Gasteiger partial charge is 0.227 e. The Kier molecular flexibility index (Phi) is 4.97. The zero-order valence-electron chi connectivity index (χ0n) is 10.8. The third-order valence-electron chi connectivity index (χ3n) is 3.08. The predicted molar refractivity (Wildman–Crippen MR) is 78.9 cm³/mol. The molecule has 0 bridgehead atoms. The minimum atomic E-state index is -0.0888. The Hall–Kier alpha value is -1.60. The van der Waals surface area contributed by atoms with E-state index in [0.29, 0.717) is 22.1 Å². The second-order valence-electron chi connectivity index (χ2n) is 4.57. The van der Waals surface area contributed by atoms with Gasteiger partial charge in [0.05, 0.1) is 18.2 Å². The van der Waals surface area contributed by atoms with Gasteiger partial charge < -0.3 is 21.0 Å². The number of rotatable bonds is 4. The average Bonchev–Trinajstić information content (AvgIpc) is 2.93. The van der Waals surface area contributed by atoms with Crippen LogP contribution in [0, 0.1) is 0 Å². The van der Waals surface area contributed by atoms with Crippen LogP contribution in [0.5, 0.6) is 0 Å². The van der Waals surface area contributed by atoms with E-state index in [-0.39, 0.29) is 17.8 Å². The maximum absolute atomic E-state index is 11.9. The Balaban J connectivity index is 2.00. The van der Waals surface area contributed by atoms with Gasteiger partial charge in [-0.25, -0.2) is 0 Å². The first kappa shape index (κ1) is 14.8. The van der Waals surface area contributed by atoms with Gasteiger partial charge in [0.15, 0.2) is 5.84 Å². The number of nitrogens with zero attached hydrogens (tertiary/aromatic N) is 1. The zero-order chi connectivity index (χ0) is 14.5. The van der Waals surface area contributed by atoms with E-state index in [4.69, 9.17) is 15.7 Å². The molecule has 1 atom stereocenters. The molecule has 0 spiro atoms. The lowest BCUT2D eigenvalue weighted by Crippen LogP contribution is -2.19. The summed E-state index contributed by atoms with van der Waals surface area (Å²) in [4.78, 5) is 11.9. The Morgan fingerprint density at radius 1 is 1.60 bits per heavy atom. The Morgan fingerprint density at radius 2 is 2.40 bits per heavy atom. The first-order chi connectivity index (χ1) is 9.60. The predicted octanol–water partition coefficient (Wildman–Crippen LogP) is 2.05. The lowest BCUT2D eigenvalue weighted by Gasteiger charge is -2.11. The van der Waals surface area contributed by atoms with Crippen LogP contribution in [0.3, 0.4) is 0 Å². The molecule has 0 saturated carbocycles. The molecule has 108 valence electrons. The second-order valence-corrected chi connectivity index (χ2v) is 5.42. The SMILES string of the molecule is N/C(=N/O)c1ccc(NC(=O)CC2CCCO2)c(Br)c1. The number of nitrogens with two attached hydrogens (primary N) is 1. The number of hydrogen-bond donors (Lipinski definition) is 3. The van der Waals surface area contributed by atoms with E-state index in [2.05, 4.69) is 26.4 Å². The second kappa shape index (κ2) is 6.71. The lowest BCUT2D eigenvalue weighted by atomic mass is 10.1. The summed E-state index contributed by atoms with van der Waals surface area (Å²) in [6.45, 7) is 0.732. The van der Waals surface area contributed by atoms with E-state index in [1.165, 1.54) is 0 Å². The molecular weight excluding hydrogens is 326 g/mol. The molecule has 1 aromatic carbocycles. The first-order valence-corrected chi connectivity index (χ1v) is 7.08. The summed E-state index contributed by atoms with van der Waals surface area (Å²) in [6, 6.07) is 5.04. The van der Waals surface area contributed by atoms with Crippen LogP contribution in [-0.4, -0.2) is 29.7 Å². The highest BCUT2D eigenvalue weighted by atomic mass is 79.9. The maximum atomic E-state index is 11.9. The van der Waals surface area contributed by atoms with Crippen LogP contribution in [0.15, 0.2) is 27.8 Å². The van der Waals surface area contributed by atoms with E-state index in [1.807, 2.05) is 0 Å². The molecule has 1 aliphatic rings. The third-order valence-corrected chi connectivity index (χ3v) is 3.74. The molecule has 0 aliphatic carbocycles. The highest BCUT2D eigenvalue weighted by Gasteiger charge is 2.19. The topological polar surface area (TPSA) is 96.9 Å². The molecule has 0 aromatic heterocycles. The molecule has 1 unspecified atom stereocenters. The molecule has 7 heteroatoms. The van der Waals surface area contributed by atoms with Crippen LogP contribution in [0.1, 0.15) is 24.8 Å². The number of halogens is 1. The van der Waals surface area contributed by atoms with Gasteiger partial charge in [0, 0.05) is 16.6 Å². The number of ether oxygens (including phenoxy) is 1. The maximum Gasteiger partial charge on any atom is 0.227 e. The Labute approximate surface area is 125 Å². The van der Waals surface area contributed by atoms with Crippen molar-refractivity contribution in [3.8, 4) is 0 Å². The molecule has 2 rings (SSSR count). The summed E-state index contributed by atoms with van der Waals surface area (Å²) >= 11 is 3.35. The molecule has 1 heterocycles. The summed E-state index contributed by atoms with van der Waals surface area (Å²) in [7, 11) is 0. The van der Waals surface area contributed by atoms with E-state index >= 15 is 0 Å². The molecule has 20 heavy (non-hydrogen) atoms. The molecule has 1 aromatic rings. The van der Waals surface area contributed by atoms with Crippen LogP contribution in [0.25, 0.3) is 0 Å². The number of nitrogens with one attached hydrogen (secondary N) is 1. The number of carbonyl (C=O) groups excluding carboxylic acids is 1. The zero-order valence-corrected chi connectivity index (χ0v) is 12.4. The largest absolute Gasteiger partial charge is 0.409 e. The number of benzene rings is 1. The molecule has 6 nitrogen and oxygen atoms in total. The molecule has 4 N–H and O–H groups in total. The van der Waals surface area contributed by atoms with E-state index in [0.717, 1.165) is 19.4 Å². The molecule has 1 fully saturated rings. The minimum absolute atomic E-state index is 0.0166. The lowest BCUT2D eigenvalue weighted by molar-refractivity contribution is -0.118. The highest BCUT2D eigenvalue weighted by molar-refractivity contribution is 9.10. The van der Waals surface area contributed by atoms with Crippen molar-refractivity contribution in [2.75, 3.05) is 11.9 Å². The summed E-state index contributed by atoms with van der Waals surface area (Å²) in [5.41, 5.74) is 6.71. The fraction of sp³-hybridized carbons (Fsp3) is 0.385. The van der Waals surface area contributed by atoms with Crippen molar-refractivity contribution in [3.05, 3.63) is 28.2 Å². The van der Waals surface area contributed by atoms with Crippen LogP contribution in [0.4, 0.5) is 5.69 Å². The van der Waals surface area contributed by atoms with Gasteiger partial charge in [0.1, 0.15) is 0 Å². The van der Waals surface area contributed by atoms with Gasteiger partial charge in [-0.1, -0.05) is 5.16 Å². The van der Waals surface area contributed by atoms with Crippen molar-refractivity contribution in [2.45, 2.75) is 25.4 Å². The normalized spacial score (nSPS) is 19.1. The van der Waals surface area contributed by atoms with Gasteiger partial charge >= 0.3 is 0 Å². The molecule has 1 amide bonds. The fourth-order valence-electron chi connectivity index (χ4n) is 2.05. The van der Waals surface area contributed by atoms with Gasteiger partial charge in [-0.15, -0.1) is 0 Å². The van der Waals surface area contributed by atoms with Crippen LogP contribution in [-0.2, 0) is 9.53 Å². The summed E-state index contributed by atoms with van der Waals surface area (Å²) < 4.78 is 6.09. The monoisotopic (exact) mass is 341 g/mol. The standard InChI is InChI=1S/C13H16BrN3O3/c14-10-6-8(13(15)17-19)3-4-11(10)16-12(18)7-9-2-1-5-20-9/h3-4,6,9,19H,1-2,5,7H2,(H2,15,17)(H,16,18). The number of oxime groups is 1. The third kappa shape index (κ3) is 3.71.